The summed E-state index contributed by atoms with van der Waals surface area (Å²) in [6, 6.07) is 4.29. The molecule has 0 aliphatic heterocycles. The number of furan rings is 1. The van der Waals surface area contributed by atoms with Crippen LogP contribution in [-0.4, -0.2) is 24.3 Å². The summed E-state index contributed by atoms with van der Waals surface area (Å²) < 4.78 is 5.23. The van der Waals surface area contributed by atoms with Gasteiger partial charge >= 0.3 is 0 Å². The molecule has 2 unspecified atom stereocenters. The molecule has 0 aromatic carbocycles. The molecule has 0 amide bonds. The molecule has 1 aliphatic carbocycles. The molecule has 1 aromatic rings. The molecule has 0 bridgehead atoms. The van der Waals surface area contributed by atoms with Crippen molar-refractivity contribution >= 4 is 6.08 Å². The molecule has 1 saturated carbocycles. The van der Waals surface area contributed by atoms with Crippen LogP contribution >= 0.6 is 0 Å². The first-order valence-corrected chi connectivity index (χ1v) is 6.94. The fourth-order valence-electron chi connectivity index (χ4n) is 2.65. The summed E-state index contributed by atoms with van der Waals surface area (Å²) in [5, 5.41) is 13.0. The summed E-state index contributed by atoms with van der Waals surface area (Å²) in [5.74, 6) is 1.31. The third-order valence-electron chi connectivity index (χ3n) is 3.72. The lowest BCUT2D eigenvalue weighted by molar-refractivity contribution is 0.184. The van der Waals surface area contributed by atoms with Crippen LogP contribution in [0.3, 0.4) is 0 Å². The number of nitrogens with one attached hydrogen (secondary N) is 1. The summed E-state index contributed by atoms with van der Waals surface area (Å²) in [6.07, 6.45) is 11.9. The summed E-state index contributed by atoms with van der Waals surface area (Å²) in [4.78, 5) is 0. The van der Waals surface area contributed by atoms with Crippen molar-refractivity contribution in [3.05, 3.63) is 30.2 Å². The topological polar surface area (TPSA) is 45.4 Å². The number of aliphatic hydroxyl groups excluding tert-OH is 1. The van der Waals surface area contributed by atoms with Crippen molar-refractivity contribution in [2.45, 2.75) is 38.1 Å². The molecule has 2 rings (SSSR count). The van der Waals surface area contributed by atoms with E-state index in [1.54, 1.807) is 6.26 Å². The quantitative estimate of drug-likeness (QED) is 0.789. The minimum absolute atomic E-state index is 0.305. The molecule has 1 fully saturated rings. The smallest absolute Gasteiger partial charge is 0.126 e. The van der Waals surface area contributed by atoms with E-state index in [-0.39, 0.29) is 0 Å². The van der Waals surface area contributed by atoms with Gasteiger partial charge in [-0.3, -0.25) is 0 Å². The van der Waals surface area contributed by atoms with Gasteiger partial charge in [0.05, 0.1) is 6.26 Å². The normalized spacial score (nSPS) is 25.4. The first-order valence-electron chi connectivity index (χ1n) is 6.94. The van der Waals surface area contributed by atoms with Crippen LogP contribution in [-0.2, 0) is 0 Å². The van der Waals surface area contributed by atoms with Crippen molar-refractivity contribution in [1.29, 1.82) is 0 Å². The third kappa shape index (κ3) is 4.00. The SMILES string of the molecule is OCC1CCCCCC1NC/C=C/c1ccco1. The monoisotopic (exact) mass is 249 g/mol. The molecule has 3 heteroatoms. The Morgan fingerprint density at radius 3 is 3.00 bits per heavy atom. The highest BCUT2D eigenvalue weighted by atomic mass is 16.3. The van der Waals surface area contributed by atoms with E-state index in [9.17, 15) is 5.11 Å². The second-order valence-corrected chi connectivity index (χ2v) is 5.01. The minimum atomic E-state index is 0.305. The van der Waals surface area contributed by atoms with Crippen molar-refractivity contribution in [1.82, 2.24) is 5.32 Å². The summed E-state index contributed by atoms with van der Waals surface area (Å²) >= 11 is 0. The van der Waals surface area contributed by atoms with E-state index in [1.807, 2.05) is 18.2 Å². The van der Waals surface area contributed by atoms with Crippen LogP contribution in [0.1, 0.15) is 37.9 Å². The fraction of sp³-hybridized carbons (Fsp3) is 0.600. The largest absolute Gasteiger partial charge is 0.465 e. The van der Waals surface area contributed by atoms with E-state index in [0.29, 0.717) is 18.6 Å². The Kier molecular flexibility index (Phi) is 5.49. The standard InChI is InChI=1S/C15H23NO2/c17-12-13-6-2-1-3-9-15(13)16-10-4-7-14-8-5-11-18-14/h4-5,7-8,11,13,15-17H,1-3,6,9-10,12H2/b7-4+. The Bertz CT molecular complexity index is 345. The average molecular weight is 249 g/mol. The number of hydrogen-bond acceptors (Lipinski definition) is 3. The zero-order chi connectivity index (χ0) is 12.6. The summed E-state index contributed by atoms with van der Waals surface area (Å²) in [5.41, 5.74) is 0. The van der Waals surface area contributed by atoms with Crippen LogP contribution in [0.4, 0.5) is 0 Å². The zero-order valence-electron chi connectivity index (χ0n) is 10.8. The summed E-state index contributed by atoms with van der Waals surface area (Å²) in [7, 11) is 0. The van der Waals surface area contributed by atoms with Gasteiger partial charge in [-0.05, 0) is 37.0 Å². The molecule has 0 saturated heterocycles. The van der Waals surface area contributed by atoms with Gasteiger partial charge in [0.25, 0.3) is 0 Å². The third-order valence-corrected chi connectivity index (χ3v) is 3.72. The van der Waals surface area contributed by atoms with E-state index in [0.717, 1.165) is 18.7 Å². The van der Waals surface area contributed by atoms with Crippen LogP contribution in [0.5, 0.6) is 0 Å². The van der Waals surface area contributed by atoms with Crippen LogP contribution < -0.4 is 5.32 Å². The second kappa shape index (κ2) is 7.39. The Hall–Kier alpha value is -1.06. The first-order chi connectivity index (χ1) is 8.90. The molecule has 0 radical (unpaired) electrons. The molecule has 18 heavy (non-hydrogen) atoms. The Labute approximate surface area is 109 Å². The van der Waals surface area contributed by atoms with Gasteiger partial charge in [0.15, 0.2) is 0 Å². The first kappa shape index (κ1) is 13.4. The van der Waals surface area contributed by atoms with Gasteiger partial charge in [0.2, 0.25) is 0 Å². The Morgan fingerprint density at radius 2 is 2.22 bits per heavy atom. The van der Waals surface area contributed by atoms with Gasteiger partial charge in [0.1, 0.15) is 5.76 Å². The van der Waals surface area contributed by atoms with Crippen molar-refractivity contribution in [3.8, 4) is 0 Å². The van der Waals surface area contributed by atoms with Crippen LogP contribution in [0.15, 0.2) is 28.9 Å². The predicted octanol–water partition coefficient (Wildman–Crippen LogP) is 2.82. The molecule has 3 nitrogen and oxygen atoms in total. The van der Waals surface area contributed by atoms with Crippen LogP contribution in [0.2, 0.25) is 0 Å². The van der Waals surface area contributed by atoms with E-state index >= 15 is 0 Å². The highest BCUT2D eigenvalue weighted by Crippen LogP contribution is 2.23. The highest BCUT2D eigenvalue weighted by molar-refractivity contribution is 5.42. The van der Waals surface area contributed by atoms with Gasteiger partial charge in [0, 0.05) is 19.2 Å². The number of aliphatic hydroxyl groups is 1. The van der Waals surface area contributed by atoms with Crippen molar-refractivity contribution < 1.29 is 9.52 Å². The molecule has 100 valence electrons. The maximum atomic E-state index is 9.42. The van der Waals surface area contributed by atoms with E-state index < -0.39 is 0 Å². The van der Waals surface area contributed by atoms with E-state index in [4.69, 9.17) is 4.42 Å². The average Bonchev–Trinajstić information content (AvgIpc) is 2.80. The van der Waals surface area contributed by atoms with Crippen molar-refractivity contribution in [3.63, 3.8) is 0 Å². The lowest BCUT2D eigenvalue weighted by atomic mass is 9.96. The maximum absolute atomic E-state index is 9.42. The lowest BCUT2D eigenvalue weighted by Gasteiger charge is -2.23. The zero-order valence-corrected chi connectivity index (χ0v) is 10.8. The van der Waals surface area contributed by atoms with Crippen molar-refractivity contribution in [2.75, 3.05) is 13.2 Å². The molecule has 1 aromatic heterocycles. The highest BCUT2D eigenvalue weighted by Gasteiger charge is 2.21. The van der Waals surface area contributed by atoms with Gasteiger partial charge in [-0.2, -0.15) is 0 Å². The van der Waals surface area contributed by atoms with E-state index in [1.165, 1.54) is 25.7 Å². The molecule has 2 atom stereocenters. The Morgan fingerprint density at radius 1 is 1.33 bits per heavy atom. The van der Waals surface area contributed by atoms with Crippen LogP contribution in [0.25, 0.3) is 6.08 Å². The number of hydrogen-bond donors (Lipinski definition) is 2. The van der Waals surface area contributed by atoms with Gasteiger partial charge in [-0.25, -0.2) is 0 Å². The number of rotatable bonds is 5. The van der Waals surface area contributed by atoms with Gasteiger partial charge < -0.3 is 14.8 Å². The van der Waals surface area contributed by atoms with Gasteiger partial charge in [-0.15, -0.1) is 0 Å². The molecule has 2 N–H and O–H groups in total. The van der Waals surface area contributed by atoms with Crippen molar-refractivity contribution in [2.24, 2.45) is 5.92 Å². The second-order valence-electron chi connectivity index (χ2n) is 5.01. The molecular formula is C15H23NO2. The minimum Gasteiger partial charge on any atom is -0.465 e. The molecule has 1 aliphatic rings. The molecule has 0 spiro atoms. The maximum Gasteiger partial charge on any atom is 0.126 e. The fourth-order valence-corrected chi connectivity index (χ4v) is 2.65. The van der Waals surface area contributed by atoms with Gasteiger partial charge in [-0.1, -0.05) is 25.3 Å². The summed E-state index contributed by atoms with van der Waals surface area (Å²) in [6.45, 7) is 1.14. The molecular weight excluding hydrogens is 226 g/mol. The lowest BCUT2D eigenvalue weighted by Crippen LogP contribution is -2.37. The molecule has 1 heterocycles. The van der Waals surface area contributed by atoms with E-state index in [2.05, 4.69) is 11.4 Å². The Balaban J connectivity index is 1.77. The van der Waals surface area contributed by atoms with Crippen LogP contribution in [0, 0.1) is 5.92 Å². The predicted molar refractivity (Wildman–Crippen MR) is 73.2 cm³/mol.